The fourth-order valence-corrected chi connectivity index (χ4v) is 4.71. The summed E-state index contributed by atoms with van der Waals surface area (Å²) in [6.07, 6.45) is 6.14. The maximum absolute atomic E-state index is 12.6. The SMILES string of the molecule is CN(C1CCCCC1)S(=O)(=O)c1ccc(S(C)(=O)=O)cc1. The molecule has 0 amide bonds. The zero-order valence-electron chi connectivity index (χ0n) is 12.3. The van der Waals surface area contributed by atoms with Crippen molar-refractivity contribution in [2.45, 2.75) is 47.9 Å². The first-order valence-corrected chi connectivity index (χ1v) is 10.3. The number of rotatable bonds is 4. The van der Waals surface area contributed by atoms with Crippen molar-refractivity contribution in [1.29, 1.82) is 0 Å². The van der Waals surface area contributed by atoms with E-state index < -0.39 is 19.9 Å². The molecule has 0 aliphatic heterocycles. The molecule has 0 aromatic heterocycles. The zero-order valence-corrected chi connectivity index (χ0v) is 14.0. The average Bonchev–Trinajstić information content (AvgIpc) is 2.46. The van der Waals surface area contributed by atoms with Gasteiger partial charge in [-0.15, -0.1) is 0 Å². The third-order valence-electron chi connectivity index (χ3n) is 4.02. The van der Waals surface area contributed by atoms with Crippen molar-refractivity contribution in [3.8, 4) is 0 Å². The highest BCUT2D eigenvalue weighted by Gasteiger charge is 2.29. The van der Waals surface area contributed by atoms with Crippen LogP contribution in [0.1, 0.15) is 32.1 Å². The maximum atomic E-state index is 12.6. The second-order valence-electron chi connectivity index (χ2n) is 5.56. The minimum absolute atomic E-state index is 0.0401. The van der Waals surface area contributed by atoms with E-state index in [1.807, 2.05) is 0 Å². The van der Waals surface area contributed by atoms with Gasteiger partial charge in [-0.1, -0.05) is 19.3 Å². The molecule has 1 aliphatic rings. The van der Waals surface area contributed by atoms with Gasteiger partial charge in [0.1, 0.15) is 0 Å². The predicted octanol–water partition coefficient (Wildman–Crippen LogP) is 2.04. The Morgan fingerprint density at radius 1 is 0.905 bits per heavy atom. The highest BCUT2D eigenvalue weighted by Crippen LogP contribution is 2.26. The van der Waals surface area contributed by atoms with Crippen molar-refractivity contribution in [2.24, 2.45) is 0 Å². The summed E-state index contributed by atoms with van der Waals surface area (Å²) in [6.45, 7) is 0. The van der Waals surface area contributed by atoms with E-state index in [1.54, 1.807) is 7.05 Å². The molecular weight excluding hydrogens is 310 g/mol. The molecule has 118 valence electrons. The number of sulfone groups is 1. The third-order valence-corrected chi connectivity index (χ3v) is 7.07. The van der Waals surface area contributed by atoms with Crippen molar-refractivity contribution >= 4 is 19.9 Å². The lowest BCUT2D eigenvalue weighted by Crippen LogP contribution is -2.38. The van der Waals surface area contributed by atoms with Gasteiger partial charge >= 0.3 is 0 Å². The van der Waals surface area contributed by atoms with Gasteiger partial charge < -0.3 is 0 Å². The van der Waals surface area contributed by atoms with Crippen LogP contribution in [0.3, 0.4) is 0 Å². The Kier molecular flexibility index (Phi) is 4.75. The number of nitrogens with zero attached hydrogens (tertiary/aromatic N) is 1. The zero-order chi connectivity index (χ0) is 15.7. The maximum Gasteiger partial charge on any atom is 0.243 e. The molecule has 0 N–H and O–H groups in total. The smallest absolute Gasteiger partial charge is 0.224 e. The van der Waals surface area contributed by atoms with Gasteiger partial charge in [-0.3, -0.25) is 0 Å². The standard InChI is InChI=1S/C14H21NO4S2/c1-15(12-6-4-3-5-7-12)21(18,19)14-10-8-13(9-11-14)20(2,16)17/h8-12H,3-7H2,1-2H3. The monoisotopic (exact) mass is 331 g/mol. The molecule has 0 atom stereocenters. The van der Waals surface area contributed by atoms with Crippen molar-refractivity contribution in [3.63, 3.8) is 0 Å². The van der Waals surface area contributed by atoms with Crippen molar-refractivity contribution in [1.82, 2.24) is 4.31 Å². The van der Waals surface area contributed by atoms with Gasteiger partial charge in [0.25, 0.3) is 0 Å². The molecule has 7 heteroatoms. The highest BCUT2D eigenvalue weighted by atomic mass is 32.2. The lowest BCUT2D eigenvalue weighted by molar-refractivity contribution is 0.286. The van der Waals surface area contributed by atoms with E-state index in [0.29, 0.717) is 0 Å². The summed E-state index contributed by atoms with van der Waals surface area (Å²) in [4.78, 5) is 0.268. The van der Waals surface area contributed by atoms with E-state index in [2.05, 4.69) is 0 Å². The van der Waals surface area contributed by atoms with E-state index in [-0.39, 0.29) is 15.8 Å². The van der Waals surface area contributed by atoms with Gasteiger partial charge in [0.15, 0.2) is 9.84 Å². The minimum atomic E-state index is -3.56. The first-order chi connectivity index (χ1) is 9.73. The molecule has 21 heavy (non-hydrogen) atoms. The summed E-state index contributed by atoms with van der Waals surface area (Å²) in [6, 6.07) is 5.46. The Hall–Kier alpha value is -0.920. The van der Waals surface area contributed by atoms with Crippen LogP contribution in [-0.4, -0.2) is 40.5 Å². The largest absolute Gasteiger partial charge is 0.243 e. The Balaban J connectivity index is 2.26. The average molecular weight is 331 g/mol. The van der Waals surface area contributed by atoms with E-state index in [4.69, 9.17) is 0 Å². The molecule has 1 aliphatic carbocycles. The molecular formula is C14H21NO4S2. The van der Waals surface area contributed by atoms with Crippen LogP contribution in [0, 0.1) is 0 Å². The fourth-order valence-electron chi connectivity index (χ4n) is 2.67. The van der Waals surface area contributed by atoms with Crippen LogP contribution in [-0.2, 0) is 19.9 Å². The van der Waals surface area contributed by atoms with Crippen LogP contribution < -0.4 is 0 Å². The van der Waals surface area contributed by atoms with E-state index in [0.717, 1.165) is 38.4 Å². The number of sulfonamides is 1. The van der Waals surface area contributed by atoms with Crippen molar-refractivity contribution in [2.75, 3.05) is 13.3 Å². The predicted molar refractivity (Wildman–Crippen MR) is 81.4 cm³/mol. The molecule has 0 unspecified atom stereocenters. The van der Waals surface area contributed by atoms with Crippen LogP contribution in [0.15, 0.2) is 34.1 Å². The Labute approximate surface area is 126 Å². The van der Waals surface area contributed by atoms with Gasteiger partial charge in [-0.05, 0) is 37.1 Å². The second-order valence-corrected chi connectivity index (χ2v) is 9.57. The number of hydrogen-bond acceptors (Lipinski definition) is 4. The van der Waals surface area contributed by atoms with Gasteiger partial charge in [-0.25, -0.2) is 16.8 Å². The van der Waals surface area contributed by atoms with Gasteiger partial charge in [0.05, 0.1) is 9.79 Å². The van der Waals surface area contributed by atoms with Gasteiger partial charge in [-0.2, -0.15) is 4.31 Å². The van der Waals surface area contributed by atoms with E-state index >= 15 is 0 Å². The molecule has 0 saturated heterocycles. The molecule has 1 aromatic carbocycles. The van der Waals surface area contributed by atoms with Crippen LogP contribution in [0.2, 0.25) is 0 Å². The lowest BCUT2D eigenvalue weighted by atomic mass is 9.96. The summed E-state index contributed by atoms with van der Waals surface area (Å²) >= 11 is 0. The van der Waals surface area contributed by atoms with Crippen molar-refractivity contribution < 1.29 is 16.8 Å². The van der Waals surface area contributed by atoms with E-state index in [9.17, 15) is 16.8 Å². The summed E-state index contributed by atoms with van der Waals surface area (Å²) in [5.41, 5.74) is 0. The molecule has 0 heterocycles. The summed E-state index contributed by atoms with van der Waals surface area (Å²) in [7, 11) is -5.27. The Morgan fingerprint density at radius 3 is 1.86 bits per heavy atom. The summed E-state index contributed by atoms with van der Waals surface area (Å²) < 4.78 is 49.4. The summed E-state index contributed by atoms with van der Waals surface area (Å²) in [5.74, 6) is 0. The molecule has 1 aromatic rings. The molecule has 5 nitrogen and oxygen atoms in total. The normalized spacial score (nSPS) is 18.0. The Bertz CT molecular complexity index is 687. The number of hydrogen-bond donors (Lipinski definition) is 0. The second kappa shape index (κ2) is 6.06. The summed E-state index contributed by atoms with van der Waals surface area (Å²) in [5, 5.41) is 0. The Morgan fingerprint density at radius 2 is 1.38 bits per heavy atom. The van der Waals surface area contributed by atoms with Crippen LogP contribution in [0.5, 0.6) is 0 Å². The quantitative estimate of drug-likeness (QED) is 0.846. The lowest BCUT2D eigenvalue weighted by Gasteiger charge is -2.30. The third kappa shape index (κ3) is 3.64. The molecule has 1 saturated carbocycles. The number of benzene rings is 1. The molecule has 1 fully saturated rings. The molecule has 0 radical (unpaired) electrons. The van der Waals surface area contributed by atoms with Crippen LogP contribution in [0.4, 0.5) is 0 Å². The minimum Gasteiger partial charge on any atom is -0.224 e. The highest BCUT2D eigenvalue weighted by molar-refractivity contribution is 7.90. The molecule has 0 spiro atoms. The first kappa shape index (κ1) is 16.5. The first-order valence-electron chi connectivity index (χ1n) is 7.01. The van der Waals surface area contributed by atoms with Gasteiger partial charge in [0.2, 0.25) is 10.0 Å². The van der Waals surface area contributed by atoms with Crippen LogP contribution in [0.25, 0.3) is 0 Å². The topological polar surface area (TPSA) is 71.5 Å². The van der Waals surface area contributed by atoms with Crippen molar-refractivity contribution in [3.05, 3.63) is 24.3 Å². The fraction of sp³-hybridized carbons (Fsp3) is 0.571. The van der Waals surface area contributed by atoms with Gasteiger partial charge in [0, 0.05) is 19.3 Å². The molecule has 2 rings (SSSR count). The van der Waals surface area contributed by atoms with E-state index in [1.165, 1.54) is 28.6 Å². The van der Waals surface area contributed by atoms with Crippen LogP contribution >= 0.6 is 0 Å². The molecule has 0 bridgehead atoms.